The molecule has 0 radical (unpaired) electrons. The Morgan fingerprint density at radius 1 is 0.962 bits per heavy atom. The molecule has 7 nitrogen and oxygen atoms in total. The Morgan fingerprint density at radius 3 is 2.35 bits per heavy atom. The van der Waals surface area contributed by atoms with Crippen LogP contribution >= 0.6 is 11.8 Å². The minimum absolute atomic E-state index is 0.663. The van der Waals surface area contributed by atoms with Gasteiger partial charge in [0.25, 0.3) is 0 Å². The van der Waals surface area contributed by atoms with Gasteiger partial charge in [-0.05, 0) is 53.0 Å². The zero-order valence-electron chi connectivity index (χ0n) is 15.7. The maximum atomic E-state index is 6.11. The minimum atomic E-state index is 0.663. The highest BCUT2D eigenvalue weighted by Gasteiger charge is 2.24. The average molecular weight is 368 g/mol. The van der Waals surface area contributed by atoms with E-state index in [2.05, 4.69) is 21.1 Å². The minimum Gasteiger partial charge on any atom is -0.439 e. The van der Waals surface area contributed by atoms with Gasteiger partial charge in [-0.15, -0.1) is 11.8 Å². The van der Waals surface area contributed by atoms with Crippen LogP contribution in [0.25, 0.3) is 22.7 Å². The van der Waals surface area contributed by atoms with Crippen molar-refractivity contribution in [1.29, 1.82) is 0 Å². The zero-order valence-corrected chi connectivity index (χ0v) is 16.5. The summed E-state index contributed by atoms with van der Waals surface area (Å²) in [4.78, 5) is 9.05. The summed E-state index contributed by atoms with van der Waals surface area (Å²) in [5, 5.41) is 10.2. The highest BCUT2D eigenvalue weighted by Crippen LogP contribution is 2.33. The van der Waals surface area contributed by atoms with Gasteiger partial charge in [0, 0.05) is 11.3 Å². The van der Waals surface area contributed by atoms with E-state index in [4.69, 9.17) is 9.52 Å². The molecule has 4 aromatic heterocycles. The van der Waals surface area contributed by atoms with E-state index in [0.717, 1.165) is 50.8 Å². The van der Waals surface area contributed by atoms with Crippen LogP contribution in [0.15, 0.2) is 21.6 Å². The van der Waals surface area contributed by atoms with E-state index in [1.54, 1.807) is 16.4 Å². The molecule has 0 bridgehead atoms. The molecular weight excluding hydrogens is 348 g/mol. The van der Waals surface area contributed by atoms with Crippen molar-refractivity contribution in [2.75, 3.05) is 6.26 Å². The fraction of sp³-hybridized carbons (Fsp3) is 0.333. The summed E-state index contributed by atoms with van der Waals surface area (Å²) in [6.45, 7) is 9.71. The third-order valence-corrected chi connectivity index (χ3v) is 5.04. The van der Waals surface area contributed by atoms with Gasteiger partial charge in [0.15, 0.2) is 5.69 Å². The van der Waals surface area contributed by atoms with Crippen LogP contribution in [0.5, 0.6) is 0 Å². The Balaban J connectivity index is 1.98. The Hall–Kier alpha value is -2.61. The number of hydrogen-bond donors (Lipinski definition) is 0. The molecular formula is C18H20N6OS. The molecule has 4 rings (SSSR count). The molecule has 26 heavy (non-hydrogen) atoms. The second-order valence-electron chi connectivity index (χ2n) is 6.26. The van der Waals surface area contributed by atoms with Crippen molar-refractivity contribution in [1.82, 2.24) is 29.4 Å². The molecule has 0 saturated heterocycles. The topological polar surface area (TPSA) is 74.0 Å². The van der Waals surface area contributed by atoms with Crippen LogP contribution in [-0.4, -0.2) is 35.6 Å². The van der Waals surface area contributed by atoms with Gasteiger partial charge in [-0.25, -0.2) is 14.6 Å². The molecule has 8 heteroatoms. The van der Waals surface area contributed by atoms with E-state index < -0.39 is 0 Å². The van der Waals surface area contributed by atoms with Crippen molar-refractivity contribution in [2.45, 2.75) is 39.6 Å². The van der Waals surface area contributed by atoms with E-state index in [-0.39, 0.29) is 0 Å². The number of fused-ring (bicyclic) bond motifs is 1. The summed E-state index contributed by atoms with van der Waals surface area (Å²) in [6.07, 6.45) is 2.02. The molecule has 0 atom stereocenters. The normalized spacial score (nSPS) is 11.6. The maximum absolute atomic E-state index is 6.11. The molecule has 0 N–H and O–H groups in total. The van der Waals surface area contributed by atoms with E-state index >= 15 is 0 Å². The molecule has 0 aliphatic rings. The molecule has 0 spiro atoms. The molecule has 4 aromatic rings. The number of pyridine rings is 1. The summed E-state index contributed by atoms with van der Waals surface area (Å²) in [7, 11) is 0. The fourth-order valence-corrected chi connectivity index (χ4v) is 3.70. The van der Waals surface area contributed by atoms with Gasteiger partial charge in [-0.2, -0.15) is 14.7 Å². The summed E-state index contributed by atoms with van der Waals surface area (Å²) >= 11 is 1.63. The first-order valence-corrected chi connectivity index (χ1v) is 9.54. The van der Waals surface area contributed by atoms with Crippen molar-refractivity contribution < 1.29 is 4.42 Å². The van der Waals surface area contributed by atoms with Crippen molar-refractivity contribution in [3.63, 3.8) is 0 Å². The lowest BCUT2D eigenvalue weighted by Crippen LogP contribution is -2.00. The van der Waals surface area contributed by atoms with Crippen molar-refractivity contribution in [2.24, 2.45) is 0 Å². The highest BCUT2D eigenvalue weighted by molar-refractivity contribution is 7.98. The molecule has 134 valence electrons. The predicted molar refractivity (Wildman–Crippen MR) is 101 cm³/mol. The van der Waals surface area contributed by atoms with Crippen LogP contribution in [0.1, 0.15) is 28.8 Å². The number of thioether (sulfide) groups is 1. The Kier molecular flexibility index (Phi) is 3.87. The molecule has 4 heterocycles. The van der Waals surface area contributed by atoms with Gasteiger partial charge in [-0.1, -0.05) is 0 Å². The lowest BCUT2D eigenvalue weighted by Gasteiger charge is -2.05. The van der Waals surface area contributed by atoms with Crippen LogP contribution < -0.4 is 0 Å². The molecule has 0 saturated carbocycles. The van der Waals surface area contributed by atoms with Gasteiger partial charge in [0.1, 0.15) is 23.1 Å². The summed E-state index contributed by atoms with van der Waals surface area (Å²) in [6, 6.07) is 4.10. The van der Waals surface area contributed by atoms with Crippen LogP contribution in [0.4, 0.5) is 0 Å². The lowest BCUT2D eigenvalue weighted by atomic mass is 10.1. The van der Waals surface area contributed by atoms with E-state index in [1.165, 1.54) is 0 Å². The summed E-state index contributed by atoms with van der Waals surface area (Å²) in [5.74, 6) is 2.32. The molecule has 0 aromatic carbocycles. The first-order chi connectivity index (χ1) is 12.4. The third kappa shape index (κ3) is 2.44. The highest BCUT2D eigenvalue weighted by atomic mass is 32.2. The first kappa shape index (κ1) is 16.8. The molecule has 0 amide bonds. The third-order valence-electron chi connectivity index (χ3n) is 4.39. The number of aromatic nitrogens is 6. The molecule has 0 aliphatic carbocycles. The van der Waals surface area contributed by atoms with Gasteiger partial charge < -0.3 is 4.42 Å². The van der Waals surface area contributed by atoms with Crippen molar-refractivity contribution in [3.05, 3.63) is 40.9 Å². The molecule has 0 aliphatic heterocycles. The number of aryl methyl sites for hydroxylation is 5. The summed E-state index contributed by atoms with van der Waals surface area (Å²) in [5.41, 5.74) is 5.20. The Labute approximate surface area is 155 Å². The smallest absolute Gasteiger partial charge is 0.249 e. The first-order valence-electron chi connectivity index (χ1n) is 8.32. The summed E-state index contributed by atoms with van der Waals surface area (Å²) < 4.78 is 9.75. The van der Waals surface area contributed by atoms with Gasteiger partial charge in [-0.3, -0.25) is 0 Å². The fourth-order valence-electron chi connectivity index (χ4n) is 3.27. The van der Waals surface area contributed by atoms with Crippen LogP contribution in [0, 0.1) is 34.6 Å². The average Bonchev–Trinajstić information content (AvgIpc) is 3.18. The van der Waals surface area contributed by atoms with Crippen LogP contribution in [0.2, 0.25) is 0 Å². The second-order valence-corrected chi connectivity index (χ2v) is 7.09. The molecule has 0 unspecified atom stereocenters. The number of rotatable bonds is 3. The van der Waals surface area contributed by atoms with Gasteiger partial charge in [0.05, 0.1) is 10.7 Å². The monoisotopic (exact) mass is 368 g/mol. The number of oxazole rings is 1. The van der Waals surface area contributed by atoms with Crippen molar-refractivity contribution >= 4 is 17.5 Å². The second kappa shape index (κ2) is 5.98. The largest absolute Gasteiger partial charge is 0.439 e. The number of nitrogens with zero attached hydrogens (tertiary/aromatic N) is 6. The molecule has 0 fully saturated rings. The van der Waals surface area contributed by atoms with Crippen molar-refractivity contribution in [3.8, 4) is 16.9 Å². The van der Waals surface area contributed by atoms with Crippen LogP contribution in [-0.2, 0) is 0 Å². The van der Waals surface area contributed by atoms with E-state index in [9.17, 15) is 0 Å². The predicted octanol–water partition coefficient (Wildman–Crippen LogP) is 3.83. The van der Waals surface area contributed by atoms with Gasteiger partial charge >= 0.3 is 0 Å². The zero-order chi connectivity index (χ0) is 18.6. The maximum Gasteiger partial charge on any atom is 0.249 e. The lowest BCUT2D eigenvalue weighted by molar-refractivity contribution is 0.569. The van der Waals surface area contributed by atoms with Gasteiger partial charge in [0.2, 0.25) is 5.71 Å². The Bertz CT molecular complexity index is 1140. The SMILES string of the molecule is CSc1ccc(-c2c(C)oc3c(-n4nc(C)nc4C)c(C)nn23)c(C)n1. The Morgan fingerprint density at radius 2 is 1.73 bits per heavy atom. The van der Waals surface area contributed by atoms with Crippen LogP contribution in [0.3, 0.4) is 0 Å². The van der Waals surface area contributed by atoms with E-state index in [0.29, 0.717) is 5.71 Å². The quantitative estimate of drug-likeness (QED) is 0.512. The standard InChI is InChI=1S/C18H20N6OS/c1-9-14(7-8-15(19-9)26-6)17-11(3)25-18-16(10(2)21-24(17)18)23-13(5)20-12(4)22-23/h7-8H,1-6H3. The number of hydrogen-bond acceptors (Lipinski definition) is 6. The van der Waals surface area contributed by atoms with E-state index in [1.807, 2.05) is 51.5 Å².